The molecule has 0 aliphatic rings. The molecule has 1 nitrogen and oxygen atoms in total. The molecule has 0 rings (SSSR count). The zero-order valence-corrected chi connectivity index (χ0v) is 19.1. The molecule has 2 N–H and O–H groups in total. The normalized spacial score (nSPS) is 13.3. The zero-order valence-electron chi connectivity index (χ0n) is 16.6. The molecular formula is C20H46BrOP. The van der Waals surface area contributed by atoms with Crippen molar-refractivity contribution in [1.82, 2.24) is 0 Å². The Hall–Kier alpha value is 0.870. The molecule has 23 heavy (non-hydrogen) atoms. The number of unbranched alkanes of at least 4 members (excludes halogenated alkanes) is 8. The maximum atomic E-state index is 4.51. The molecule has 0 saturated heterocycles. The fourth-order valence-corrected chi connectivity index (χ4v) is 12.3. The van der Waals surface area contributed by atoms with Gasteiger partial charge in [0.2, 0.25) is 0 Å². The largest absolute Gasteiger partial charge is 0.412 e. The molecule has 0 heterocycles. The van der Waals surface area contributed by atoms with E-state index >= 15 is 0 Å². The maximum absolute atomic E-state index is 4.51. The van der Waals surface area contributed by atoms with Gasteiger partial charge >= 0.3 is 150 Å². The van der Waals surface area contributed by atoms with Crippen LogP contribution in [0.5, 0.6) is 0 Å². The fourth-order valence-electron chi connectivity index (χ4n) is 3.62. The van der Waals surface area contributed by atoms with E-state index in [4.69, 9.17) is 0 Å². The molecule has 0 aromatic carbocycles. The topological polar surface area (TPSA) is 31.5 Å². The maximum Gasteiger partial charge on any atom is -0.412 e. The smallest absolute Gasteiger partial charge is 0.412 e. The van der Waals surface area contributed by atoms with E-state index in [1.807, 2.05) is 0 Å². The fraction of sp³-hybridized carbons (Fsp3) is 1.00. The van der Waals surface area contributed by atoms with Crippen molar-refractivity contribution >= 4 is 20.8 Å². The van der Waals surface area contributed by atoms with E-state index in [2.05, 4.69) is 43.2 Å². The second-order valence-corrected chi connectivity index (χ2v) is 19.0. The quantitative estimate of drug-likeness (QED) is 0.183. The van der Waals surface area contributed by atoms with Crippen molar-refractivity contribution in [1.29, 1.82) is 0 Å². The van der Waals surface area contributed by atoms with Crippen LogP contribution in [0.3, 0.4) is 0 Å². The van der Waals surface area contributed by atoms with Gasteiger partial charge in [-0.25, -0.2) is 0 Å². The van der Waals surface area contributed by atoms with E-state index in [-0.39, 0.29) is 5.48 Å². The second-order valence-electron chi connectivity index (χ2n) is 7.54. The standard InChI is InChI=1S/C20H44BrP.H2O/c1-5-9-13-14-15-16-20-22(21,17-10-6-2,18-11-7-3)19-12-8-4;/h5-20H2,1-4H3;1H2. The van der Waals surface area contributed by atoms with Crippen LogP contribution in [0.15, 0.2) is 0 Å². The summed E-state index contributed by atoms with van der Waals surface area (Å²) >= 11 is 4.51. The van der Waals surface area contributed by atoms with Gasteiger partial charge in [0.05, 0.1) is 0 Å². The molecular weight excluding hydrogens is 367 g/mol. The summed E-state index contributed by atoms with van der Waals surface area (Å²) in [6.07, 6.45) is 23.1. The van der Waals surface area contributed by atoms with Crippen molar-refractivity contribution in [2.45, 2.75) is 105 Å². The minimum absolute atomic E-state index is 0. The van der Waals surface area contributed by atoms with Crippen LogP contribution in [0.1, 0.15) is 105 Å². The summed E-state index contributed by atoms with van der Waals surface area (Å²) in [5, 5.41) is -1.60. The molecule has 0 aliphatic carbocycles. The second kappa shape index (κ2) is 15.2. The summed E-state index contributed by atoms with van der Waals surface area (Å²) < 4.78 is 0. The molecule has 0 amide bonds. The molecule has 0 bridgehead atoms. The molecule has 0 radical (unpaired) electrons. The first kappa shape index (κ1) is 26.1. The van der Waals surface area contributed by atoms with Gasteiger partial charge in [-0.1, -0.05) is 0 Å². The van der Waals surface area contributed by atoms with Gasteiger partial charge in [0.15, 0.2) is 0 Å². The summed E-state index contributed by atoms with van der Waals surface area (Å²) in [7, 11) is 0. The Morgan fingerprint density at radius 1 is 0.478 bits per heavy atom. The molecule has 3 heteroatoms. The monoisotopic (exact) mass is 412 g/mol. The summed E-state index contributed by atoms with van der Waals surface area (Å²) in [5.74, 6) is 0. The average molecular weight is 413 g/mol. The van der Waals surface area contributed by atoms with Crippen LogP contribution >= 0.6 is 20.8 Å². The Balaban J connectivity index is 0. The third-order valence-electron chi connectivity index (χ3n) is 5.28. The third-order valence-corrected chi connectivity index (χ3v) is 15.3. The van der Waals surface area contributed by atoms with Crippen molar-refractivity contribution in [3.63, 3.8) is 0 Å². The molecule has 144 valence electrons. The SMILES string of the molecule is CCCCCCCCP(Br)(CCCC)(CCCC)CCCC.O. The van der Waals surface area contributed by atoms with Crippen LogP contribution in [-0.4, -0.2) is 30.1 Å². The van der Waals surface area contributed by atoms with Gasteiger partial charge in [-0.2, -0.15) is 0 Å². The van der Waals surface area contributed by atoms with Crippen molar-refractivity contribution in [3.8, 4) is 0 Å². The van der Waals surface area contributed by atoms with Crippen LogP contribution in [0.2, 0.25) is 0 Å². The predicted octanol–water partition coefficient (Wildman–Crippen LogP) is 7.79. The van der Waals surface area contributed by atoms with Gasteiger partial charge in [-0.05, 0) is 0 Å². The van der Waals surface area contributed by atoms with Gasteiger partial charge in [-0.15, -0.1) is 0 Å². The van der Waals surface area contributed by atoms with E-state index in [9.17, 15) is 0 Å². The zero-order chi connectivity index (χ0) is 16.8. The van der Waals surface area contributed by atoms with Crippen molar-refractivity contribution in [3.05, 3.63) is 0 Å². The minimum atomic E-state index is -1.60. The van der Waals surface area contributed by atoms with E-state index in [0.717, 1.165) is 0 Å². The molecule has 0 saturated carbocycles. The van der Waals surface area contributed by atoms with E-state index < -0.39 is 5.31 Å². The summed E-state index contributed by atoms with van der Waals surface area (Å²) in [6.45, 7) is 9.39. The Morgan fingerprint density at radius 3 is 1.17 bits per heavy atom. The van der Waals surface area contributed by atoms with Crippen LogP contribution < -0.4 is 0 Å². The summed E-state index contributed by atoms with van der Waals surface area (Å²) in [6, 6.07) is 0. The molecule has 0 aromatic heterocycles. The summed E-state index contributed by atoms with van der Waals surface area (Å²) in [4.78, 5) is 0. The van der Waals surface area contributed by atoms with Gasteiger partial charge < -0.3 is 5.48 Å². The first-order valence-electron chi connectivity index (χ1n) is 10.3. The Kier molecular flexibility index (Phi) is 17.2. The summed E-state index contributed by atoms with van der Waals surface area (Å²) in [5.41, 5.74) is 0. The van der Waals surface area contributed by atoms with Gasteiger partial charge in [0.1, 0.15) is 0 Å². The Labute approximate surface area is 155 Å². The van der Waals surface area contributed by atoms with Crippen LogP contribution in [0.4, 0.5) is 0 Å². The predicted molar refractivity (Wildman–Crippen MR) is 117 cm³/mol. The van der Waals surface area contributed by atoms with Gasteiger partial charge in [0.25, 0.3) is 0 Å². The third kappa shape index (κ3) is 12.0. The minimum Gasteiger partial charge on any atom is -0.412 e. The first-order valence-corrected chi connectivity index (χ1v) is 15.3. The Bertz CT molecular complexity index is 233. The average Bonchev–Trinajstić information content (AvgIpc) is 2.53. The van der Waals surface area contributed by atoms with Crippen molar-refractivity contribution in [2.75, 3.05) is 24.6 Å². The van der Waals surface area contributed by atoms with Gasteiger partial charge in [-0.3, -0.25) is 0 Å². The number of hydrogen-bond acceptors (Lipinski definition) is 0. The molecule has 0 spiro atoms. The van der Waals surface area contributed by atoms with E-state index in [1.165, 1.54) is 102 Å². The number of halogens is 1. The molecule has 0 unspecified atom stereocenters. The van der Waals surface area contributed by atoms with Gasteiger partial charge in [0, 0.05) is 0 Å². The van der Waals surface area contributed by atoms with Crippen molar-refractivity contribution in [2.24, 2.45) is 0 Å². The first-order chi connectivity index (χ1) is 10.5. The molecule has 0 aliphatic heterocycles. The van der Waals surface area contributed by atoms with E-state index in [0.29, 0.717) is 0 Å². The Morgan fingerprint density at radius 2 is 0.783 bits per heavy atom. The van der Waals surface area contributed by atoms with E-state index in [1.54, 1.807) is 0 Å². The molecule has 0 atom stereocenters. The molecule has 0 fully saturated rings. The van der Waals surface area contributed by atoms with Crippen molar-refractivity contribution < 1.29 is 5.48 Å². The number of rotatable bonds is 16. The van der Waals surface area contributed by atoms with Crippen LogP contribution in [0, 0.1) is 0 Å². The molecule has 0 aromatic rings. The van der Waals surface area contributed by atoms with Crippen LogP contribution in [0.25, 0.3) is 0 Å². The number of hydrogen-bond donors (Lipinski definition) is 0. The van der Waals surface area contributed by atoms with Crippen LogP contribution in [-0.2, 0) is 0 Å².